The topological polar surface area (TPSA) is 29.1 Å². The van der Waals surface area contributed by atoms with E-state index in [0.717, 1.165) is 11.3 Å². The summed E-state index contributed by atoms with van der Waals surface area (Å²) in [7, 11) is 0. The molecule has 1 aromatic carbocycles. The molecule has 110 valence electrons. The van der Waals surface area contributed by atoms with Gasteiger partial charge in [0.2, 0.25) is 5.91 Å². The molecule has 1 saturated carbocycles. The summed E-state index contributed by atoms with van der Waals surface area (Å²) in [5, 5.41) is 3.01. The molecule has 1 N–H and O–H groups in total. The van der Waals surface area contributed by atoms with E-state index in [1.54, 1.807) is 12.1 Å². The molecule has 2 rings (SSSR count). The summed E-state index contributed by atoms with van der Waals surface area (Å²) in [5.74, 6) is 0.399. The molecule has 0 aliphatic heterocycles. The Morgan fingerprint density at radius 1 is 1.30 bits per heavy atom. The lowest BCUT2D eigenvalue weighted by atomic mass is 9.86. The van der Waals surface area contributed by atoms with Crippen LogP contribution in [0, 0.1) is 11.7 Å². The zero-order valence-electron chi connectivity index (χ0n) is 12.1. The van der Waals surface area contributed by atoms with Crippen molar-refractivity contribution in [3.63, 3.8) is 0 Å². The molecule has 0 radical (unpaired) electrons. The van der Waals surface area contributed by atoms with Gasteiger partial charge in [-0.15, -0.1) is 11.8 Å². The molecule has 0 spiro atoms. The number of halogens is 1. The smallest absolute Gasteiger partial charge is 0.233 e. The third-order valence-electron chi connectivity index (χ3n) is 3.93. The van der Waals surface area contributed by atoms with Crippen LogP contribution in [0.2, 0.25) is 0 Å². The van der Waals surface area contributed by atoms with E-state index in [0.29, 0.717) is 12.0 Å². The Labute approximate surface area is 124 Å². The Kier molecular flexibility index (Phi) is 5.46. The summed E-state index contributed by atoms with van der Waals surface area (Å²) in [6.07, 6.45) is 4.76. The first-order valence-electron chi connectivity index (χ1n) is 7.29. The number of carbonyl (C=O) groups is 1. The highest BCUT2D eigenvalue weighted by molar-refractivity contribution is 8.00. The normalized spacial score (nSPS) is 24.1. The van der Waals surface area contributed by atoms with E-state index >= 15 is 0 Å². The second-order valence-electron chi connectivity index (χ2n) is 5.59. The lowest BCUT2D eigenvalue weighted by molar-refractivity contribution is -0.121. The molecule has 0 bridgehead atoms. The molecule has 1 aliphatic carbocycles. The molecule has 0 unspecified atom stereocenters. The fourth-order valence-electron chi connectivity index (χ4n) is 2.60. The highest BCUT2D eigenvalue weighted by Crippen LogP contribution is 2.26. The van der Waals surface area contributed by atoms with Crippen LogP contribution in [0.4, 0.5) is 4.39 Å². The summed E-state index contributed by atoms with van der Waals surface area (Å²) >= 11 is 1.47. The van der Waals surface area contributed by atoms with Crippen LogP contribution in [-0.4, -0.2) is 17.2 Å². The van der Waals surface area contributed by atoms with Crippen molar-refractivity contribution >= 4 is 17.7 Å². The molecule has 1 aliphatic rings. The SMILES string of the molecule is C[C@@H](Sc1ccc(F)cc1)C(=O)N[C@H]1CCCC[C@@H]1C. The number of nitrogens with one attached hydrogen (secondary N) is 1. The van der Waals surface area contributed by atoms with E-state index in [1.165, 1.54) is 43.2 Å². The average molecular weight is 295 g/mol. The van der Waals surface area contributed by atoms with Gasteiger partial charge < -0.3 is 5.32 Å². The number of hydrogen-bond donors (Lipinski definition) is 1. The standard InChI is InChI=1S/C16H22FNOS/c1-11-5-3-4-6-15(11)18-16(19)12(2)20-14-9-7-13(17)8-10-14/h7-12,15H,3-6H2,1-2H3,(H,18,19)/t11-,12+,15-/m0/s1. The molecule has 1 fully saturated rings. The fraction of sp³-hybridized carbons (Fsp3) is 0.562. The molecule has 4 heteroatoms. The van der Waals surface area contributed by atoms with Crippen molar-refractivity contribution in [3.05, 3.63) is 30.1 Å². The first kappa shape index (κ1) is 15.4. The van der Waals surface area contributed by atoms with E-state index in [2.05, 4.69) is 12.2 Å². The number of carbonyl (C=O) groups excluding carboxylic acids is 1. The summed E-state index contributed by atoms with van der Waals surface area (Å²) in [6.45, 7) is 4.11. The Morgan fingerprint density at radius 3 is 2.60 bits per heavy atom. The van der Waals surface area contributed by atoms with Crippen LogP contribution < -0.4 is 5.32 Å². The maximum Gasteiger partial charge on any atom is 0.233 e. The predicted octanol–water partition coefficient (Wildman–Crippen LogP) is 4.00. The lowest BCUT2D eigenvalue weighted by Crippen LogP contribution is -2.44. The zero-order chi connectivity index (χ0) is 14.5. The van der Waals surface area contributed by atoms with Gasteiger partial charge in [0.1, 0.15) is 5.82 Å². The zero-order valence-corrected chi connectivity index (χ0v) is 12.9. The summed E-state index contributed by atoms with van der Waals surface area (Å²) in [5.41, 5.74) is 0. The molecule has 0 saturated heterocycles. The maximum absolute atomic E-state index is 12.8. The molecular formula is C16H22FNOS. The molecule has 20 heavy (non-hydrogen) atoms. The van der Waals surface area contributed by atoms with Crippen LogP contribution in [0.15, 0.2) is 29.2 Å². The van der Waals surface area contributed by atoms with Gasteiger partial charge in [0.25, 0.3) is 0 Å². The van der Waals surface area contributed by atoms with Crippen molar-refractivity contribution in [3.8, 4) is 0 Å². The van der Waals surface area contributed by atoms with Gasteiger partial charge in [0, 0.05) is 10.9 Å². The molecule has 2 nitrogen and oxygen atoms in total. The second kappa shape index (κ2) is 7.11. The minimum absolute atomic E-state index is 0.0816. The van der Waals surface area contributed by atoms with Crippen LogP contribution in [0.3, 0.4) is 0 Å². The van der Waals surface area contributed by atoms with Crippen molar-refractivity contribution < 1.29 is 9.18 Å². The van der Waals surface area contributed by atoms with Gasteiger partial charge >= 0.3 is 0 Å². The van der Waals surface area contributed by atoms with Crippen molar-refractivity contribution in [2.75, 3.05) is 0 Å². The van der Waals surface area contributed by atoms with Gasteiger partial charge in [-0.1, -0.05) is 19.8 Å². The molecule has 3 atom stereocenters. The second-order valence-corrected chi connectivity index (χ2v) is 7.01. The van der Waals surface area contributed by atoms with Gasteiger partial charge in [-0.2, -0.15) is 0 Å². The van der Waals surface area contributed by atoms with Crippen molar-refractivity contribution in [2.24, 2.45) is 5.92 Å². The van der Waals surface area contributed by atoms with Gasteiger partial charge in [-0.25, -0.2) is 4.39 Å². The third-order valence-corrected chi connectivity index (χ3v) is 5.05. The lowest BCUT2D eigenvalue weighted by Gasteiger charge is -2.30. The Balaban J connectivity index is 1.86. The van der Waals surface area contributed by atoms with Gasteiger partial charge in [0.05, 0.1) is 5.25 Å². The maximum atomic E-state index is 12.8. The first-order chi connectivity index (χ1) is 9.56. The fourth-order valence-corrected chi connectivity index (χ4v) is 3.48. The summed E-state index contributed by atoms with van der Waals surface area (Å²) in [6, 6.07) is 6.60. The van der Waals surface area contributed by atoms with Crippen molar-refractivity contribution in [1.29, 1.82) is 0 Å². The molecule has 1 amide bonds. The Morgan fingerprint density at radius 2 is 1.95 bits per heavy atom. The summed E-state index contributed by atoms with van der Waals surface area (Å²) < 4.78 is 12.8. The van der Waals surface area contributed by atoms with Crippen LogP contribution in [0.1, 0.15) is 39.5 Å². The van der Waals surface area contributed by atoms with Crippen LogP contribution in [-0.2, 0) is 4.79 Å². The van der Waals surface area contributed by atoms with E-state index in [-0.39, 0.29) is 17.0 Å². The van der Waals surface area contributed by atoms with Crippen LogP contribution in [0.25, 0.3) is 0 Å². The Bertz CT molecular complexity index is 448. The van der Waals surface area contributed by atoms with E-state index in [9.17, 15) is 9.18 Å². The number of hydrogen-bond acceptors (Lipinski definition) is 2. The average Bonchev–Trinajstić information content (AvgIpc) is 2.44. The molecular weight excluding hydrogens is 273 g/mol. The van der Waals surface area contributed by atoms with Crippen molar-refractivity contribution in [2.45, 2.75) is 55.7 Å². The highest BCUT2D eigenvalue weighted by Gasteiger charge is 2.25. The predicted molar refractivity (Wildman–Crippen MR) is 81.3 cm³/mol. The third kappa shape index (κ3) is 4.23. The largest absolute Gasteiger partial charge is 0.352 e. The molecule has 0 heterocycles. The van der Waals surface area contributed by atoms with Gasteiger partial charge in [0.15, 0.2) is 0 Å². The van der Waals surface area contributed by atoms with Crippen molar-refractivity contribution in [1.82, 2.24) is 5.32 Å². The van der Waals surface area contributed by atoms with Gasteiger partial charge in [-0.05, 0) is 49.9 Å². The molecule has 0 aromatic heterocycles. The first-order valence-corrected chi connectivity index (χ1v) is 8.17. The van der Waals surface area contributed by atoms with E-state index in [1.807, 2.05) is 6.92 Å². The Hall–Kier alpha value is -1.03. The van der Waals surface area contributed by atoms with Crippen LogP contribution in [0.5, 0.6) is 0 Å². The summed E-state index contributed by atoms with van der Waals surface area (Å²) in [4.78, 5) is 13.1. The quantitative estimate of drug-likeness (QED) is 0.851. The molecule has 1 aromatic rings. The minimum atomic E-state index is -0.248. The van der Waals surface area contributed by atoms with Crippen LogP contribution >= 0.6 is 11.8 Å². The number of thioether (sulfide) groups is 1. The van der Waals surface area contributed by atoms with Gasteiger partial charge in [-0.3, -0.25) is 4.79 Å². The highest BCUT2D eigenvalue weighted by atomic mass is 32.2. The van der Waals surface area contributed by atoms with E-state index in [4.69, 9.17) is 0 Å². The number of rotatable bonds is 4. The number of amides is 1. The minimum Gasteiger partial charge on any atom is -0.352 e. The number of benzene rings is 1. The van der Waals surface area contributed by atoms with E-state index < -0.39 is 0 Å². The monoisotopic (exact) mass is 295 g/mol.